The Morgan fingerprint density at radius 3 is 2.50 bits per heavy atom. The summed E-state index contributed by atoms with van der Waals surface area (Å²) >= 11 is 0. The van der Waals surface area contributed by atoms with Gasteiger partial charge in [0.25, 0.3) is 5.91 Å². The zero-order chi connectivity index (χ0) is 14.9. The molecular formula is C15H18FNO3. The maximum absolute atomic E-state index is 13.6. The van der Waals surface area contributed by atoms with Crippen molar-refractivity contribution in [3.8, 4) is 0 Å². The molecule has 0 radical (unpaired) electrons. The molecule has 0 saturated carbocycles. The fraction of sp³-hybridized carbons (Fsp3) is 0.467. The second kappa shape index (κ2) is 5.23. The summed E-state index contributed by atoms with van der Waals surface area (Å²) in [6.07, 6.45) is 0.403. The average molecular weight is 279 g/mol. The van der Waals surface area contributed by atoms with Gasteiger partial charge in [0.1, 0.15) is 5.82 Å². The van der Waals surface area contributed by atoms with E-state index in [0.29, 0.717) is 13.0 Å². The van der Waals surface area contributed by atoms with Crippen molar-refractivity contribution in [1.29, 1.82) is 0 Å². The van der Waals surface area contributed by atoms with Crippen molar-refractivity contribution in [1.82, 2.24) is 4.90 Å². The second-order valence-electron chi connectivity index (χ2n) is 5.57. The van der Waals surface area contributed by atoms with Gasteiger partial charge in [-0.15, -0.1) is 0 Å². The quantitative estimate of drug-likeness (QED) is 0.924. The molecule has 0 spiro atoms. The molecule has 0 bridgehead atoms. The van der Waals surface area contributed by atoms with Crippen LogP contribution in [0.15, 0.2) is 24.3 Å². The van der Waals surface area contributed by atoms with Gasteiger partial charge in [-0.1, -0.05) is 26.0 Å². The summed E-state index contributed by atoms with van der Waals surface area (Å²) in [4.78, 5) is 25.3. The number of hydrogen-bond donors (Lipinski definition) is 1. The molecule has 1 atom stereocenters. The van der Waals surface area contributed by atoms with Crippen molar-refractivity contribution in [2.75, 3.05) is 13.1 Å². The van der Waals surface area contributed by atoms with Crippen molar-refractivity contribution >= 4 is 11.9 Å². The maximum atomic E-state index is 13.6. The zero-order valence-corrected chi connectivity index (χ0v) is 11.6. The Hall–Kier alpha value is -1.91. The van der Waals surface area contributed by atoms with Gasteiger partial charge in [-0.25, -0.2) is 4.39 Å². The molecule has 20 heavy (non-hydrogen) atoms. The minimum Gasteiger partial charge on any atom is -0.481 e. The number of likely N-dealkylation sites (tertiary alicyclic amines) is 1. The van der Waals surface area contributed by atoms with E-state index in [4.69, 9.17) is 0 Å². The van der Waals surface area contributed by atoms with Crippen LogP contribution in [0, 0.1) is 17.2 Å². The predicted octanol–water partition coefficient (Wildman–Crippen LogP) is 2.40. The SMILES string of the molecule is CC(C)C1(C(=O)O)CCN(C(=O)c2ccccc2F)C1. The highest BCUT2D eigenvalue weighted by Gasteiger charge is 2.48. The Kier molecular flexibility index (Phi) is 3.79. The van der Waals surface area contributed by atoms with E-state index in [-0.39, 0.29) is 18.0 Å². The Balaban J connectivity index is 2.23. The Morgan fingerprint density at radius 2 is 2.00 bits per heavy atom. The third-order valence-corrected chi connectivity index (χ3v) is 4.22. The summed E-state index contributed by atoms with van der Waals surface area (Å²) in [5.74, 6) is -1.99. The molecule has 1 aliphatic heterocycles. The van der Waals surface area contributed by atoms with Gasteiger partial charge in [0.15, 0.2) is 0 Å². The third kappa shape index (κ3) is 2.28. The molecule has 0 aliphatic carbocycles. The van der Waals surface area contributed by atoms with E-state index in [0.717, 1.165) is 0 Å². The van der Waals surface area contributed by atoms with Crippen LogP contribution in [0.25, 0.3) is 0 Å². The molecule has 1 unspecified atom stereocenters. The van der Waals surface area contributed by atoms with Crippen LogP contribution in [0.2, 0.25) is 0 Å². The van der Waals surface area contributed by atoms with Crippen LogP contribution in [0.5, 0.6) is 0 Å². The number of carboxylic acids is 1. The summed E-state index contributed by atoms with van der Waals surface area (Å²) in [6.45, 7) is 4.15. The lowest BCUT2D eigenvalue weighted by molar-refractivity contribution is -0.150. The minimum atomic E-state index is -0.930. The lowest BCUT2D eigenvalue weighted by atomic mass is 9.76. The largest absolute Gasteiger partial charge is 0.481 e. The average Bonchev–Trinajstić information content (AvgIpc) is 2.85. The normalized spacial score (nSPS) is 22.3. The van der Waals surface area contributed by atoms with Crippen molar-refractivity contribution in [3.63, 3.8) is 0 Å². The van der Waals surface area contributed by atoms with Gasteiger partial charge in [0.2, 0.25) is 0 Å². The predicted molar refractivity (Wildman–Crippen MR) is 71.8 cm³/mol. The van der Waals surface area contributed by atoms with Crippen molar-refractivity contribution < 1.29 is 19.1 Å². The van der Waals surface area contributed by atoms with Gasteiger partial charge in [-0.05, 0) is 24.5 Å². The Labute approximate surface area is 117 Å². The highest BCUT2D eigenvalue weighted by atomic mass is 19.1. The van der Waals surface area contributed by atoms with Gasteiger partial charge in [-0.3, -0.25) is 9.59 Å². The van der Waals surface area contributed by atoms with Crippen molar-refractivity contribution in [2.24, 2.45) is 11.3 Å². The number of halogens is 1. The molecule has 108 valence electrons. The molecular weight excluding hydrogens is 261 g/mol. The summed E-state index contributed by atoms with van der Waals surface area (Å²) in [5, 5.41) is 9.45. The molecule has 5 heteroatoms. The summed E-state index contributed by atoms with van der Waals surface area (Å²) in [7, 11) is 0. The minimum absolute atomic E-state index is 0.00237. The Bertz CT molecular complexity index is 544. The monoisotopic (exact) mass is 279 g/mol. The molecule has 1 N–H and O–H groups in total. The Morgan fingerprint density at radius 1 is 1.35 bits per heavy atom. The number of benzene rings is 1. The summed E-state index contributed by atoms with van der Waals surface area (Å²) < 4.78 is 13.6. The zero-order valence-electron chi connectivity index (χ0n) is 11.6. The number of carbonyl (C=O) groups is 2. The second-order valence-corrected chi connectivity index (χ2v) is 5.57. The smallest absolute Gasteiger partial charge is 0.311 e. The first kappa shape index (κ1) is 14.5. The van der Waals surface area contributed by atoms with Crippen LogP contribution in [0.1, 0.15) is 30.6 Å². The molecule has 0 aromatic heterocycles. The highest BCUT2D eigenvalue weighted by molar-refractivity contribution is 5.95. The van der Waals surface area contributed by atoms with Gasteiger partial charge in [-0.2, -0.15) is 0 Å². The van der Waals surface area contributed by atoms with Crippen LogP contribution in [-0.2, 0) is 4.79 Å². The fourth-order valence-electron chi connectivity index (χ4n) is 2.70. The van der Waals surface area contributed by atoms with Gasteiger partial charge >= 0.3 is 5.97 Å². The van der Waals surface area contributed by atoms with Gasteiger partial charge < -0.3 is 10.0 Å². The van der Waals surface area contributed by atoms with Crippen LogP contribution in [0.3, 0.4) is 0 Å². The molecule has 1 fully saturated rings. The van der Waals surface area contributed by atoms with E-state index in [1.807, 2.05) is 13.8 Å². The highest BCUT2D eigenvalue weighted by Crippen LogP contribution is 2.38. The number of nitrogens with zero attached hydrogens (tertiary/aromatic N) is 1. The number of hydrogen-bond acceptors (Lipinski definition) is 2. The van der Waals surface area contributed by atoms with Gasteiger partial charge in [0, 0.05) is 13.1 Å². The number of amides is 1. The van der Waals surface area contributed by atoms with E-state index in [9.17, 15) is 19.1 Å². The van der Waals surface area contributed by atoms with E-state index in [1.165, 1.54) is 23.1 Å². The molecule has 1 aromatic carbocycles. The van der Waals surface area contributed by atoms with E-state index in [1.54, 1.807) is 6.07 Å². The fourth-order valence-corrected chi connectivity index (χ4v) is 2.70. The van der Waals surface area contributed by atoms with E-state index in [2.05, 4.69) is 0 Å². The number of carboxylic acid groups (broad SMARTS) is 1. The molecule has 1 heterocycles. The first-order valence-electron chi connectivity index (χ1n) is 6.65. The number of carbonyl (C=O) groups excluding carboxylic acids is 1. The first-order valence-corrected chi connectivity index (χ1v) is 6.65. The topological polar surface area (TPSA) is 57.6 Å². The lowest BCUT2D eigenvalue weighted by Crippen LogP contribution is -2.40. The molecule has 1 aromatic rings. The molecule has 1 amide bonds. The first-order chi connectivity index (χ1) is 9.38. The molecule has 1 saturated heterocycles. The van der Waals surface area contributed by atoms with Crippen LogP contribution >= 0.6 is 0 Å². The van der Waals surface area contributed by atoms with Crippen LogP contribution in [0.4, 0.5) is 4.39 Å². The van der Waals surface area contributed by atoms with Crippen molar-refractivity contribution in [2.45, 2.75) is 20.3 Å². The number of rotatable bonds is 3. The van der Waals surface area contributed by atoms with Crippen molar-refractivity contribution in [3.05, 3.63) is 35.6 Å². The standard InChI is InChI=1S/C15H18FNO3/c1-10(2)15(14(19)20)7-8-17(9-15)13(18)11-5-3-4-6-12(11)16/h3-6,10H,7-9H2,1-2H3,(H,19,20). The van der Waals surface area contributed by atoms with Crippen LogP contribution in [-0.4, -0.2) is 35.0 Å². The van der Waals surface area contributed by atoms with E-state index >= 15 is 0 Å². The van der Waals surface area contributed by atoms with Gasteiger partial charge in [0.05, 0.1) is 11.0 Å². The third-order valence-electron chi connectivity index (χ3n) is 4.22. The summed E-state index contributed by atoms with van der Waals surface area (Å²) in [5.41, 5.74) is -0.932. The lowest BCUT2D eigenvalue weighted by Gasteiger charge is -2.28. The van der Waals surface area contributed by atoms with Crippen LogP contribution < -0.4 is 0 Å². The molecule has 4 nitrogen and oxygen atoms in total. The molecule has 1 aliphatic rings. The summed E-state index contributed by atoms with van der Waals surface area (Å²) in [6, 6.07) is 5.77. The molecule has 2 rings (SSSR count). The maximum Gasteiger partial charge on any atom is 0.311 e. The number of aliphatic carboxylic acids is 1. The van der Waals surface area contributed by atoms with E-state index < -0.39 is 23.1 Å².